The van der Waals surface area contributed by atoms with Crippen LogP contribution in [-0.4, -0.2) is 20.9 Å². The molecule has 0 fully saturated rings. The maximum Gasteiger partial charge on any atom is 0.241 e. The summed E-state index contributed by atoms with van der Waals surface area (Å²) in [6.07, 6.45) is 0. The monoisotopic (exact) mass is 350 g/mol. The summed E-state index contributed by atoms with van der Waals surface area (Å²) in [5, 5.41) is 2.71. The number of hydrogen-bond donors (Lipinski definition) is 2. The van der Waals surface area contributed by atoms with Gasteiger partial charge in [-0.05, 0) is 43.2 Å². The van der Waals surface area contributed by atoms with E-state index >= 15 is 0 Å². The number of carbonyl (C=O) groups excluding carboxylic acids is 1. The maximum atomic E-state index is 13.2. The Labute approximate surface area is 141 Å². The summed E-state index contributed by atoms with van der Waals surface area (Å²) in [5.41, 5.74) is 1.14. The molecule has 1 amide bonds. The number of amides is 1. The van der Waals surface area contributed by atoms with Crippen LogP contribution in [0.25, 0.3) is 0 Å². The highest BCUT2D eigenvalue weighted by atomic mass is 32.2. The molecule has 2 aromatic carbocycles. The molecule has 0 bridgehead atoms. The minimum atomic E-state index is -3.87. The summed E-state index contributed by atoms with van der Waals surface area (Å²) in [6.45, 7) is 2.89. The van der Waals surface area contributed by atoms with Gasteiger partial charge in [-0.25, -0.2) is 17.5 Å². The first-order valence-electron chi connectivity index (χ1n) is 7.40. The van der Waals surface area contributed by atoms with Gasteiger partial charge in [-0.1, -0.05) is 30.3 Å². The molecule has 2 aromatic rings. The molecule has 1 unspecified atom stereocenters. The van der Waals surface area contributed by atoms with Crippen LogP contribution in [0.3, 0.4) is 0 Å². The molecule has 1 atom stereocenters. The van der Waals surface area contributed by atoms with Crippen molar-refractivity contribution in [2.75, 3.05) is 6.54 Å². The topological polar surface area (TPSA) is 75.3 Å². The molecule has 0 aliphatic heterocycles. The normalized spacial score (nSPS) is 12.6. The predicted molar refractivity (Wildman–Crippen MR) is 89.3 cm³/mol. The van der Waals surface area contributed by atoms with Crippen molar-refractivity contribution in [3.63, 3.8) is 0 Å². The Morgan fingerprint density at radius 3 is 2.46 bits per heavy atom. The van der Waals surface area contributed by atoms with E-state index in [0.717, 1.165) is 17.7 Å². The first-order valence-corrected chi connectivity index (χ1v) is 8.88. The zero-order chi connectivity index (χ0) is 17.7. The molecule has 0 heterocycles. The molecule has 0 aliphatic rings. The Hall–Kier alpha value is -2.25. The number of hydrogen-bond acceptors (Lipinski definition) is 3. The molecule has 0 radical (unpaired) electrons. The molecule has 0 saturated carbocycles. The van der Waals surface area contributed by atoms with Gasteiger partial charge in [0.1, 0.15) is 5.82 Å². The van der Waals surface area contributed by atoms with Crippen LogP contribution >= 0.6 is 0 Å². The number of halogens is 1. The van der Waals surface area contributed by atoms with Crippen molar-refractivity contribution >= 4 is 15.9 Å². The Morgan fingerprint density at radius 1 is 1.17 bits per heavy atom. The molecule has 0 aromatic heterocycles. The third kappa shape index (κ3) is 4.62. The first-order chi connectivity index (χ1) is 11.3. The lowest BCUT2D eigenvalue weighted by Crippen LogP contribution is -2.38. The lowest BCUT2D eigenvalue weighted by Gasteiger charge is -2.14. The minimum absolute atomic E-state index is 0.0784. The summed E-state index contributed by atoms with van der Waals surface area (Å²) in [7, 11) is -3.87. The maximum absolute atomic E-state index is 13.2. The van der Waals surface area contributed by atoms with Gasteiger partial charge in [0.05, 0.1) is 17.5 Å². The van der Waals surface area contributed by atoms with Crippen LogP contribution in [0.15, 0.2) is 53.4 Å². The molecule has 0 spiro atoms. The Kier molecular flexibility index (Phi) is 5.69. The molecular weight excluding hydrogens is 331 g/mol. The molecule has 5 nitrogen and oxygen atoms in total. The summed E-state index contributed by atoms with van der Waals surface area (Å²) in [6, 6.07) is 12.6. The fraction of sp³-hybridized carbons (Fsp3) is 0.235. The molecule has 7 heteroatoms. The van der Waals surface area contributed by atoms with Gasteiger partial charge < -0.3 is 5.32 Å². The largest absolute Gasteiger partial charge is 0.348 e. The van der Waals surface area contributed by atoms with E-state index in [2.05, 4.69) is 10.0 Å². The number of carbonyl (C=O) groups is 1. The average Bonchev–Trinajstić information content (AvgIpc) is 2.56. The Morgan fingerprint density at radius 2 is 1.83 bits per heavy atom. The number of sulfonamides is 1. The van der Waals surface area contributed by atoms with Crippen molar-refractivity contribution < 1.29 is 17.6 Å². The van der Waals surface area contributed by atoms with E-state index in [4.69, 9.17) is 0 Å². The summed E-state index contributed by atoms with van der Waals surface area (Å²) >= 11 is 0. The van der Waals surface area contributed by atoms with Crippen LogP contribution in [0.2, 0.25) is 0 Å². The number of nitrogens with one attached hydrogen (secondary N) is 2. The molecule has 24 heavy (non-hydrogen) atoms. The fourth-order valence-corrected chi connectivity index (χ4v) is 3.21. The molecule has 2 rings (SSSR count). The highest BCUT2D eigenvalue weighted by Crippen LogP contribution is 2.14. The third-order valence-corrected chi connectivity index (χ3v) is 4.94. The fourth-order valence-electron chi connectivity index (χ4n) is 2.15. The van der Waals surface area contributed by atoms with Crippen molar-refractivity contribution in [1.29, 1.82) is 0 Å². The zero-order valence-corrected chi connectivity index (χ0v) is 14.2. The van der Waals surface area contributed by atoms with Crippen molar-refractivity contribution in [3.05, 3.63) is 65.5 Å². The predicted octanol–water partition coefficient (Wildman–Crippen LogP) is 2.29. The van der Waals surface area contributed by atoms with E-state index in [-0.39, 0.29) is 16.5 Å². The van der Waals surface area contributed by atoms with Gasteiger partial charge in [0, 0.05) is 0 Å². The van der Waals surface area contributed by atoms with E-state index in [9.17, 15) is 17.6 Å². The van der Waals surface area contributed by atoms with Crippen LogP contribution in [0.5, 0.6) is 0 Å². The zero-order valence-electron chi connectivity index (χ0n) is 13.4. The average molecular weight is 350 g/mol. The second-order valence-electron chi connectivity index (χ2n) is 5.44. The second-order valence-corrected chi connectivity index (χ2v) is 7.20. The van der Waals surface area contributed by atoms with Crippen LogP contribution in [0.1, 0.15) is 24.1 Å². The van der Waals surface area contributed by atoms with E-state index < -0.39 is 28.3 Å². The minimum Gasteiger partial charge on any atom is -0.348 e. The molecule has 0 saturated heterocycles. The van der Waals surface area contributed by atoms with Gasteiger partial charge in [-0.15, -0.1) is 0 Å². The summed E-state index contributed by atoms with van der Waals surface area (Å²) in [4.78, 5) is 11.8. The highest BCUT2D eigenvalue weighted by molar-refractivity contribution is 7.89. The van der Waals surface area contributed by atoms with Crippen molar-refractivity contribution in [2.24, 2.45) is 0 Å². The highest BCUT2D eigenvalue weighted by Gasteiger charge is 2.17. The van der Waals surface area contributed by atoms with Crippen LogP contribution < -0.4 is 10.0 Å². The van der Waals surface area contributed by atoms with E-state index in [0.29, 0.717) is 0 Å². The van der Waals surface area contributed by atoms with Crippen molar-refractivity contribution in [3.8, 4) is 0 Å². The lowest BCUT2D eigenvalue weighted by atomic mass is 10.1. The summed E-state index contributed by atoms with van der Waals surface area (Å²) < 4.78 is 39.7. The standard InChI is InChI=1S/C17H19FN2O3S/c1-12-10-15(8-9-16(12)18)24(22,23)19-11-17(21)20-13(2)14-6-4-3-5-7-14/h3-10,13,19H,11H2,1-2H3,(H,20,21). The molecule has 0 aliphatic carbocycles. The van der Waals surface area contributed by atoms with E-state index in [1.165, 1.54) is 13.0 Å². The van der Waals surface area contributed by atoms with Crippen LogP contribution in [0.4, 0.5) is 4.39 Å². The first kappa shape index (κ1) is 18.1. The molecular formula is C17H19FN2O3S. The van der Waals surface area contributed by atoms with Gasteiger partial charge in [0.2, 0.25) is 15.9 Å². The number of benzene rings is 2. The van der Waals surface area contributed by atoms with Gasteiger partial charge in [0.25, 0.3) is 0 Å². The Bertz CT molecular complexity index is 823. The van der Waals surface area contributed by atoms with Crippen LogP contribution in [-0.2, 0) is 14.8 Å². The van der Waals surface area contributed by atoms with E-state index in [1.54, 1.807) is 0 Å². The van der Waals surface area contributed by atoms with Crippen molar-refractivity contribution in [1.82, 2.24) is 10.0 Å². The lowest BCUT2D eigenvalue weighted by molar-refractivity contribution is -0.120. The van der Waals surface area contributed by atoms with Crippen molar-refractivity contribution in [2.45, 2.75) is 24.8 Å². The van der Waals surface area contributed by atoms with Gasteiger partial charge in [-0.2, -0.15) is 0 Å². The SMILES string of the molecule is Cc1cc(S(=O)(=O)NCC(=O)NC(C)c2ccccc2)ccc1F. The van der Waals surface area contributed by atoms with Gasteiger partial charge >= 0.3 is 0 Å². The molecule has 128 valence electrons. The smallest absolute Gasteiger partial charge is 0.241 e. The summed E-state index contributed by atoms with van der Waals surface area (Å²) in [5.74, 6) is -0.933. The number of rotatable bonds is 6. The van der Waals surface area contributed by atoms with Gasteiger partial charge in [-0.3, -0.25) is 4.79 Å². The molecule has 2 N–H and O–H groups in total. The quantitative estimate of drug-likeness (QED) is 0.839. The Balaban J connectivity index is 1.96. The van der Waals surface area contributed by atoms with Gasteiger partial charge in [0.15, 0.2) is 0 Å². The van der Waals surface area contributed by atoms with Crippen LogP contribution in [0, 0.1) is 12.7 Å². The second kappa shape index (κ2) is 7.55. The van der Waals surface area contributed by atoms with E-state index in [1.807, 2.05) is 37.3 Å². The number of aryl methyl sites for hydroxylation is 1. The third-order valence-electron chi connectivity index (χ3n) is 3.54.